The number of aliphatic hydroxyl groups is 1. The topological polar surface area (TPSA) is 66.6 Å². The van der Waals surface area contributed by atoms with Gasteiger partial charge in [-0.15, -0.1) is 0 Å². The van der Waals surface area contributed by atoms with Gasteiger partial charge in [0.25, 0.3) is 0 Å². The van der Waals surface area contributed by atoms with Gasteiger partial charge in [0.15, 0.2) is 0 Å². The Morgan fingerprint density at radius 2 is 1.77 bits per heavy atom. The second-order valence-corrected chi connectivity index (χ2v) is 8.34. The fourth-order valence-corrected chi connectivity index (χ4v) is 4.75. The number of carbonyl (C=O) groups is 1. The zero-order valence-corrected chi connectivity index (χ0v) is 17.0. The molecule has 5 rings (SSSR count). The molecule has 2 aliphatic rings. The second kappa shape index (κ2) is 8.17. The van der Waals surface area contributed by atoms with Gasteiger partial charge in [-0.1, -0.05) is 12.1 Å². The van der Waals surface area contributed by atoms with Crippen LogP contribution in [0.2, 0.25) is 0 Å². The van der Waals surface area contributed by atoms with Crippen LogP contribution >= 0.6 is 0 Å². The number of piperidine rings is 1. The average molecular weight is 402 g/mol. The van der Waals surface area contributed by atoms with Crippen molar-refractivity contribution in [2.45, 2.75) is 31.6 Å². The lowest BCUT2D eigenvalue weighted by Gasteiger charge is -2.30. The molecule has 1 N–H and O–H groups in total. The number of benzene rings is 1. The number of rotatable bonds is 5. The van der Waals surface area contributed by atoms with Gasteiger partial charge in [-0.3, -0.25) is 9.78 Å². The Bertz CT molecular complexity index is 1050. The Hall–Kier alpha value is -2.76. The molecule has 0 atom stereocenters. The number of likely N-dealkylation sites (tertiary alicyclic amines) is 1. The third kappa shape index (κ3) is 3.71. The summed E-state index contributed by atoms with van der Waals surface area (Å²) in [7, 11) is 0. The summed E-state index contributed by atoms with van der Waals surface area (Å²) < 4.78 is 6.50. The van der Waals surface area contributed by atoms with Gasteiger partial charge < -0.3 is 14.4 Å². The number of aliphatic hydroxyl groups excluding tert-OH is 1. The van der Waals surface area contributed by atoms with Gasteiger partial charge in [0.2, 0.25) is 0 Å². The molecule has 0 bridgehead atoms. The van der Waals surface area contributed by atoms with Crippen molar-refractivity contribution in [3.8, 4) is 22.5 Å². The van der Waals surface area contributed by atoms with Crippen LogP contribution in [0.3, 0.4) is 0 Å². The summed E-state index contributed by atoms with van der Waals surface area (Å²) in [6.07, 6.45) is 6.73. The summed E-state index contributed by atoms with van der Waals surface area (Å²) in [6, 6.07) is 12.5. The van der Waals surface area contributed by atoms with Crippen molar-refractivity contribution in [2.24, 2.45) is 0 Å². The summed E-state index contributed by atoms with van der Waals surface area (Å²) in [6.45, 7) is 2.91. The van der Waals surface area contributed by atoms with Crippen LogP contribution in [0, 0.1) is 0 Å². The lowest BCUT2D eigenvalue weighted by Crippen LogP contribution is -2.34. The molecule has 0 unspecified atom stereocenters. The van der Waals surface area contributed by atoms with Gasteiger partial charge in [0.05, 0.1) is 6.61 Å². The number of hydrogen-bond acceptors (Lipinski definition) is 5. The molecular formula is C25H26N2O3. The highest BCUT2D eigenvalue weighted by atomic mass is 16.3. The maximum atomic E-state index is 11.9. The summed E-state index contributed by atoms with van der Waals surface area (Å²) >= 11 is 0. The number of furan rings is 1. The molecule has 0 saturated carbocycles. The average Bonchev–Trinajstić information content (AvgIpc) is 3.37. The Morgan fingerprint density at radius 1 is 1.00 bits per heavy atom. The van der Waals surface area contributed by atoms with Crippen LogP contribution in [0.5, 0.6) is 0 Å². The lowest BCUT2D eigenvalue weighted by atomic mass is 9.93. The Labute approximate surface area is 176 Å². The molecule has 1 aromatic carbocycles. The van der Waals surface area contributed by atoms with Crippen LogP contribution in [-0.4, -0.2) is 47.0 Å². The van der Waals surface area contributed by atoms with E-state index in [9.17, 15) is 9.90 Å². The minimum atomic E-state index is 0.211. The quantitative estimate of drug-likeness (QED) is 0.702. The first-order valence-electron chi connectivity index (χ1n) is 10.7. The Morgan fingerprint density at radius 3 is 2.53 bits per heavy atom. The number of pyridine rings is 1. The zero-order chi connectivity index (χ0) is 20.5. The van der Waals surface area contributed by atoms with Crippen LogP contribution in [0.15, 0.2) is 53.2 Å². The van der Waals surface area contributed by atoms with Crippen LogP contribution in [-0.2, 0) is 17.6 Å². The molecule has 3 aromatic rings. The van der Waals surface area contributed by atoms with Crippen molar-refractivity contribution < 1.29 is 14.3 Å². The highest BCUT2D eigenvalue weighted by Gasteiger charge is 2.26. The van der Waals surface area contributed by atoms with Crippen LogP contribution < -0.4 is 0 Å². The van der Waals surface area contributed by atoms with Crippen molar-refractivity contribution in [3.63, 3.8) is 0 Å². The molecule has 1 fully saturated rings. The Kier molecular flexibility index (Phi) is 5.23. The summed E-state index contributed by atoms with van der Waals surface area (Å²) in [5.74, 6) is 2.56. The first-order valence-corrected chi connectivity index (χ1v) is 10.7. The largest absolute Gasteiger partial charge is 0.460 e. The molecule has 3 heterocycles. The molecule has 5 nitrogen and oxygen atoms in total. The predicted octanol–water partition coefficient (Wildman–Crippen LogP) is 3.85. The van der Waals surface area contributed by atoms with Crippen LogP contribution in [0.1, 0.15) is 35.6 Å². The van der Waals surface area contributed by atoms with E-state index in [0.717, 1.165) is 71.8 Å². The predicted molar refractivity (Wildman–Crippen MR) is 115 cm³/mol. The van der Waals surface area contributed by atoms with Crippen molar-refractivity contribution >= 4 is 5.78 Å². The third-order valence-electron chi connectivity index (χ3n) is 6.39. The molecule has 2 aromatic heterocycles. The van der Waals surface area contributed by atoms with E-state index in [0.29, 0.717) is 18.8 Å². The van der Waals surface area contributed by atoms with E-state index < -0.39 is 0 Å². The minimum Gasteiger partial charge on any atom is -0.460 e. The number of β-amino-alcohol motifs (C(OH)–C–C–N with tert-alkyl or cyclic N) is 1. The SMILES string of the molecule is O=C1Cc2ccc(-c3oc(C4CCN(CCO)CC4)cc3-c3ccncc3)cc2C1. The van der Waals surface area contributed by atoms with Gasteiger partial charge >= 0.3 is 0 Å². The van der Waals surface area contributed by atoms with E-state index in [1.54, 1.807) is 12.4 Å². The van der Waals surface area contributed by atoms with E-state index in [-0.39, 0.29) is 12.4 Å². The number of carbonyl (C=O) groups excluding carboxylic acids is 1. The summed E-state index contributed by atoms with van der Waals surface area (Å²) in [4.78, 5) is 18.3. The third-order valence-corrected chi connectivity index (χ3v) is 6.39. The number of aromatic nitrogens is 1. The minimum absolute atomic E-state index is 0.211. The summed E-state index contributed by atoms with van der Waals surface area (Å²) in [5, 5.41) is 9.19. The molecular weight excluding hydrogens is 376 g/mol. The van der Waals surface area contributed by atoms with Crippen LogP contribution in [0.4, 0.5) is 0 Å². The van der Waals surface area contributed by atoms with E-state index in [1.807, 2.05) is 12.1 Å². The van der Waals surface area contributed by atoms with Crippen molar-refractivity contribution in [2.75, 3.05) is 26.2 Å². The van der Waals surface area contributed by atoms with E-state index in [2.05, 4.69) is 34.1 Å². The first kappa shape index (κ1) is 19.2. The molecule has 0 amide bonds. The van der Waals surface area contributed by atoms with Crippen molar-refractivity contribution in [1.82, 2.24) is 9.88 Å². The molecule has 0 radical (unpaired) electrons. The fraction of sp³-hybridized carbons (Fsp3) is 0.360. The maximum absolute atomic E-state index is 11.9. The van der Waals surface area contributed by atoms with Gasteiger partial charge in [0.1, 0.15) is 17.3 Å². The molecule has 0 spiro atoms. The monoisotopic (exact) mass is 402 g/mol. The maximum Gasteiger partial charge on any atom is 0.142 e. The van der Waals surface area contributed by atoms with Crippen LogP contribution in [0.25, 0.3) is 22.5 Å². The van der Waals surface area contributed by atoms with Gasteiger partial charge in [0, 0.05) is 48.8 Å². The lowest BCUT2D eigenvalue weighted by molar-refractivity contribution is -0.117. The van der Waals surface area contributed by atoms with Crippen molar-refractivity contribution in [3.05, 3.63) is 65.7 Å². The molecule has 1 saturated heterocycles. The van der Waals surface area contributed by atoms with Gasteiger partial charge in [-0.25, -0.2) is 0 Å². The number of nitrogens with zero attached hydrogens (tertiary/aromatic N) is 2. The van der Waals surface area contributed by atoms with Gasteiger partial charge in [-0.05, 0) is 66.9 Å². The first-order chi connectivity index (χ1) is 14.7. The van der Waals surface area contributed by atoms with E-state index >= 15 is 0 Å². The molecule has 154 valence electrons. The number of fused-ring (bicyclic) bond motifs is 1. The van der Waals surface area contributed by atoms with E-state index in [4.69, 9.17) is 4.42 Å². The van der Waals surface area contributed by atoms with Crippen molar-refractivity contribution in [1.29, 1.82) is 0 Å². The van der Waals surface area contributed by atoms with Gasteiger partial charge in [-0.2, -0.15) is 0 Å². The highest BCUT2D eigenvalue weighted by Crippen LogP contribution is 2.40. The fourth-order valence-electron chi connectivity index (χ4n) is 4.75. The second-order valence-electron chi connectivity index (χ2n) is 8.34. The molecule has 1 aliphatic carbocycles. The normalized spacial score (nSPS) is 17.4. The summed E-state index contributed by atoms with van der Waals surface area (Å²) in [5.41, 5.74) is 5.45. The molecule has 1 aliphatic heterocycles. The smallest absolute Gasteiger partial charge is 0.142 e. The molecule has 5 heteroatoms. The standard InChI is InChI=1S/C25H26N2O3/c28-12-11-27-9-5-18(6-10-27)24-16-23(17-3-7-26-8-4-17)25(30-24)20-2-1-19-14-22(29)15-21(19)13-20/h1-4,7-8,13,16,18,28H,5-6,9-12,14-15H2. The number of ketones is 1. The number of Topliss-reactive ketones (excluding diaryl/α,β-unsaturated/α-hetero) is 1. The zero-order valence-electron chi connectivity index (χ0n) is 17.0. The number of hydrogen-bond donors (Lipinski definition) is 1. The highest BCUT2D eigenvalue weighted by molar-refractivity contribution is 5.89. The Balaban J connectivity index is 1.51. The molecule has 30 heavy (non-hydrogen) atoms. The van der Waals surface area contributed by atoms with E-state index in [1.165, 1.54) is 0 Å².